The van der Waals surface area contributed by atoms with Gasteiger partial charge in [0.05, 0.1) is 29.4 Å². The molecule has 1 saturated heterocycles. The number of anilines is 1. The van der Waals surface area contributed by atoms with E-state index in [9.17, 15) is 9.90 Å². The minimum Gasteiger partial charge on any atom is -0.475 e. The predicted octanol–water partition coefficient (Wildman–Crippen LogP) is 1.52. The van der Waals surface area contributed by atoms with Crippen LogP contribution < -0.4 is 10.1 Å². The fourth-order valence-corrected chi connectivity index (χ4v) is 3.84. The van der Waals surface area contributed by atoms with E-state index in [2.05, 4.69) is 15.4 Å². The van der Waals surface area contributed by atoms with Gasteiger partial charge in [0.15, 0.2) is 5.82 Å². The number of amides is 1. The van der Waals surface area contributed by atoms with Crippen LogP contribution in [0.3, 0.4) is 0 Å². The van der Waals surface area contributed by atoms with Crippen molar-refractivity contribution in [3.8, 4) is 17.3 Å². The normalized spacial score (nSPS) is 16.3. The minimum absolute atomic E-state index is 0.0106. The first-order valence-corrected chi connectivity index (χ1v) is 10.7. The molecule has 10 heteroatoms. The number of aliphatic hydroxyl groups is 1. The quantitative estimate of drug-likeness (QED) is 0.507. The van der Waals surface area contributed by atoms with Crippen LogP contribution in [-0.4, -0.2) is 81.6 Å². The Labute approximate surface area is 186 Å². The lowest BCUT2D eigenvalue weighted by Gasteiger charge is -2.33. The highest BCUT2D eigenvalue weighted by Crippen LogP contribution is 2.30. The molecule has 3 aromatic heterocycles. The Balaban J connectivity index is 1.67. The van der Waals surface area contributed by atoms with Crippen LogP contribution in [0.15, 0.2) is 30.6 Å². The van der Waals surface area contributed by atoms with Crippen molar-refractivity contribution in [1.29, 1.82) is 0 Å². The van der Waals surface area contributed by atoms with E-state index in [0.717, 1.165) is 29.5 Å². The summed E-state index contributed by atoms with van der Waals surface area (Å²) < 4.78 is 12.8. The molecule has 0 aliphatic carbocycles. The third-order valence-corrected chi connectivity index (χ3v) is 5.54. The standard InChI is InChI=1S/C22H28N6O4/c1-15-20(24-16-6-5-8-27(13-16)19(30)14-29)25-21(26-22(15)32-11-10-31-2)17-12-23-28-9-4-3-7-18(17)28/h3-4,7,9,12,16,29H,5-6,8,10-11,13-14H2,1-2H3,(H,24,25,26)/t16-/m1/s1. The van der Waals surface area contributed by atoms with Crippen molar-refractivity contribution in [3.05, 3.63) is 36.2 Å². The van der Waals surface area contributed by atoms with Crippen molar-refractivity contribution in [2.45, 2.75) is 25.8 Å². The van der Waals surface area contributed by atoms with Crippen LogP contribution in [0.4, 0.5) is 5.82 Å². The molecule has 0 bridgehead atoms. The number of nitrogens with one attached hydrogen (secondary N) is 1. The predicted molar refractivity (Wildman–Crippen MR) is 119 cm³/mol. The van der Waals surface area contributed by atoms with E-state index >= 15 is 0 Å². The minimum atomic E-state index is -0.477. The summed E-state index contributed by atoms with van der Waals surface area (Å²) in [5.74, 6) is 1.38. The number of ether oxygens (including phenoxy) is 2. The van der Waals surface area contributed by atoms with Gasteiger partial charge in [-0.25, -0.2) is 9.50 Å². The molecule has 2 N–H and O–H groups in total. The molecule has 10 nitrogen and oxygen atoms in total. The van der Waals surface area contributed by atoms with Crippen LogP contribution in [0.5, 0.6) is 5.88 Å². The van der Waals surface area contributed by atoms with E-state index in [-0.39, 0.29) is 11.9 Å². The number of nitrogens with zero attached hydrogens (tertiary/aromatic N) is 5. The molecule has 32 heavy (non-hydrogen) atoms. The zero-order valence-electron chi connectivity index (χ0n) is 18.3. The summed E-state index contributed by atoms with van der Waals surface area (Å²) >= 11 is 0. The average Bonchev–Trinajstić information content (AvgIpc) is 3.25. The zero-order valence-corrected chi connectivity index (χ0v) is 18.3. The molecule has 1 amide bonds. The van der Waals surface area contributed by atoms with Crippen LogP contribution in [0, 0.1) is 6.92 Å². The van der Waals surface area contributed by atoms with Crippen molar-refractivity contribution in [2.24, 2.45) is 0 Å². The Kier molecular flexibility index (Phi) is 6.81. The molecule has 3 aromatic rings. The number of carbonyl (C=O) groups is 1. The van der Waals surface area contributed by atoms with E-state index in [1.165, 1.54) is 0 Å². The van der Waals surface area contributed by atoms with Crippen LogP contribution in [0.1, 0.15) is 18.4 Å². The Morgan fingerprint density at radius 1 is 1.31 bits per heavy atom. The van der Waals surface area contributed by atoms with E-state index in [0.29, 0.717) is 43.8 Å². The number of methoxy groups -OCH3 is 1. The molecule has 0 radical (unpaired) electrons. The number of hydrogen-bond acceptors (Lipinski definition) is 8. The zero-order chi connectivity index (χ0) is 22.5. The largest absolute Gasteiger partial charge is 0.475 e. The maximum atomic E-state index is 11.9. The first-order chi connectivity index (χ1) is 15.6. The number of rotatable bonds is 8. The number of fused-ring (bicyclic) bond motifs is 1. The molecule has 0 aromatic carbocycles. The van der Waals surface area contributed by atoms with E-state index < -0.39 is 6.61 Å². The first-order valence-electron chi connectivity index (χ1n) is 10.7. The Morgan fingerprint density at radius 3 is 3.00 bits per heavy atom. The van der Waals surface area contributed by atoms with Gasteiger partial charge < -0.3 is 24.8 Å². The summed E-state index contributed by atoms with van der Waals surface area (Å²) in [6.07, 6.45) is 5.36. The van der Waals surface area contributed by atoms with Gasteiger partial charge in [-0.05, 0) is 31.9 Å². The lowest BCUT2D eigenvalue weighted by molar-refractivity contribution is -0.135. The molecular weight excluding hydrogens is 412 g/mol. The van der Waals surface area contributed by atoms with Gasteiger partial charge in [0, 0.05) is 32.4 Å². The van der Waals surface area contributed by atoms with E-state index in [4.69, 9.17) is 14.5 Å². The van der Waals surface area contributed by atoms with E-state index in [1.807, 2.05) is 31.3 Å². The van der Waals surface area contributed by atoms with Crippen molar-refractivity contribution >= 4 is 17.2 Å². The molecule has 1 fully saturated rings. The van der Waals surface area contributed by atoms with Gasteiger partial charge in [-0.15, -0.1) is 0 Å². The van der Waals surface area contributed by atoms with Crippen molar-refractivity contribution < 1.29 is 19.4 Å². The monoisotopic (exact) mass is 440 g/mol. The lowest BCUT2D eigenvalue weighted by Crippen LogP contribution is -2.46. The Bertz CT molecular complexity index is 1090. The van der Waals surface area contributed by atoms with Gasteiger partial charge in [-0.1, -0.05) is 6.07 Å². The SMILES string of the molecule is COCCOc1nc(-c2cnn3ccccc23)nc(N[C@@H]2CCCN(C(=O)CO)C2)c1C. The third-order valence-electron chi connectivity index (χ3n) is 5.54. The molecule has 0 saturated carbocycles. The first kappa shape index (κ1) is 22.0. The molecule has 0 spiro atoms. The van der Waals surface area contributed by atoms with Gasteiger partial charge >= 0.3 is 0 Å². The molecule has 1 atom stereocenters. The second kappa shape index (κ2) is 9.92. The highest BCUT2D eigenvalue weighted by molar-refractivity contribution is 5.78. The number of piperidine rings is 1. The average molecular weight is 441 g/mol. The second-order valence-corrected chi connectivity index (χ2v) is 7.74. The molecule has 4 rings (SSSR count). The van der Waals surface area contributed by atoms with Crippen molar-refractivity contribution in [3.63, 3.8) is 0 Å². The lowest BCUT2D eigenvalue weighted by atomic mass is 10.1. The van der Waals surface area contributed by atoms with Gasteiger partial charge in [-0.2, -0.15) is 10.1 Å². The maximum absolute atomic E-state index is 11.9. The fourth-order valence-electron chi connectivity index (χ4n) is 3.84. The maximum Gasteiger partial charge on any atom is 0.248 e. The van der Waals surface area contributed by atoms with E-state index in [1.54, 1.807) is 22.7 Å². The second-order valence-electron chi connectivity index (χ2n) is 7.74. The summed E-state index contributed by atoms with van der Waals surface area (Å²) in [4.78, 5) is 23.1. The van der Waals surface area contributed by atoms with Crippen LogP contribution in [0.2, 0.25) is 0 Å². The number of hydrogen-bond donors (Lipinski definition) is 2. The number of pyridine rings is 1. The van der Waals surface area contributed by atoms with Crippen molar-refractivity contribution in [1.82, 2.24) is 24.5 Å². The number of aromatic nitrogens is 4. The van der Waals surface area contributed by atoms with Gasteiger partial charge in [0.25, 0.3) is 0 Å². The summed E-state index contributed by atoms with van der Waals surface area (Å²) in [6.45, 7) is 3.40. The summed E-state index contributed by atoms with van der Waals surface area (Å²) in [6, 6.07) is 5.83. The van der Waals surface area contributed by atoms with Crippen LogP contribution in [0.25, 0.3) is 16.9 Å². The van der Waals surface area contributed by atoms with Gasteiger partial charge in [0.2, 0.25) is 11.8 Å². The van der Waals surface area contributed by atoms with Crippen LogP contribution >= 0.6 is 0 Å². The highest BCUT2D eigenvalue weighted by Gasteiger charge is 2.25. The molecule has 1 aliphatic heterocycles. The smallest absolute Gasteiger partial charge is 0.248 e. The molecule has 0 unspecified atom stereocenters. The summed E-state index contributed by atoms with van der Waals surface area (Å²) in [7, 11) is 1.62. The third kappa shape index (κ3) is 4.66. The van der Waals surface area contributed by atoms with Gasteiger partial charge in [-0.3, -0.25) is 4.79 Å². The van der Waals surface area contributed by atoms with Gasteiger partial charge in [0.1, 0.15) is 19.0 Å². The Morgan fingerprint density at radius 2 is 2.19 bits per heavy atom. The topological polar surface area (TPSA) is 114 Å². The highest BCUT2D eigenvalue weighted by atomic mass is 16.5. The molecule has 4 heterocycles. The van der Waals surface area contributed by atoms with Crippen LogP contribution in [-0.2, 0) is 9.53 Å². The molecule has 170 valence electrons. The van der Waals surface area contributed by atoms with Crippen molar-refractivity contribution in [2.75, 3.05) is 45.3 Å². The number of aliphatic hydroxyl groups excluding tert-OH is 1. The Hall–Kier alpha value is -3.24. The number of carbonyl (C=O) groups excluding carboxylic acids is 1. The summed E-state index contributed by atoms with van der Waals surface area (Å²) in [5.41, 5.74) is 2.47. The fraction of sp³-hybridized carbons (Fsp3) is 0.455. The summed E-state index contributed by atoms with van der Waals surface area (Å²) in [5, 5.41) is 17.1. The number of likely N-dealkylation sites (tertiary alicyclic amines) is 1. The molecular formula is C22H28N6O4. The molecule has 1 aliphatic rings.